The first-order valence-corrected chi connectivity index (χ1v) is 7.55. The molecule has 3 N–H and O–H groups in total. The summed E-state index contributed by atoms with van der Waals surface area (Å²) in [5, 5.41) is 9.27. The number of ether oxygens (including phenoxy) is 1. The summed E-state index contributed by atoms with van der Waals surface area (Å²) in [6.45, 7) is 0. The Hall–Kier alpha value is -1.59. The lowest BCUT2D eigenvalue weighted by Crippen LogP contribution is -2.62. The van der Waals surface area contributed by atoms with Crippen molar-refractivity contribution in [3.8, 4) is 0 Å². The Morgan fingerprint density at radius 1 is 1.50 bits per heavy atom. The highest BCUT2D eigenvalue weighted by atomic mass is 32.2. The van der Waals surface area contributed by atoms with Crippen molar-refractivity contribution < 1.29 is 36.2 Å². The topological polar surface area (TPSA) is 108 Å². The van der Waals surface area contributed by atoms with E-state index in [4.69, 9.17) is 0 Å². The maximum atomic E-state index is 12.5. The zero-order valence-corrected chi connectivity index (χ0v) is 12.1. The largest absolute Gasteiger partial charge is 0.464 e. The fourth-order valence-corrected chi connectivity index (χ4v) is 3.34. The third-order valence-corrected chi connectivity index (χ3v) is 4.89. The third kappa shape index (κ3) is 2.96. The summed E-state index contributed by atoms with van der Waals surface area (Å²) in [7, 11) is -2.99. The van der Waals surface area contributed by atoms with E-state index in [2.05, 4.69) is 9.72 Å². The molecule has 0 atom stereocenters. The Kier molecular flexibility index (Phi) is 4.00. The molecule has 1 aromatic rings. The Morgan fingerprint density at radius 2 is 2.09 bits per heavy atom. The van der Waals surface area contributed by atoms with Crippen LogP contribution in [0.5, 0.6) is 0 Å². The van der Waals surface area contributed by atoms with Crippen LogP contribution in [0, 0.1) is 0 Å². The average Bonchev–Trinajstić information content (AvgIpc) is 2.84. The van der Waals surface area contributed by atoms with Crippen LogP contribution in [0.4, 0.5) is 13.2 Å². The van der Waals surface area contributed by atoms with Crippen molar-refractivity contribution in [2.24, 2.45) is 0 Å². The van der Waals surface area contributed by atoms with Crippen LogP contribution in [-0.4, -0.2) is 49.4 Å². The maximum Gasteiger partial charge on any atom is 0.417 e. The number of methoxy groups -OCH3 is 1. The summed E-state index contributed by atoms with van der Waals surface area (Å²) in [6.07, 6.45) is -5.31. The molecule has 1 fully saturated rings. The summed E-state index contributed by atoms with van der Waals surface area (Å²) in [5.41, 5.74) is -2.97. The van der Waals surface area contributed by atoms with E-state index < -0.39 is 46.7 Å². The maximum absolute atomic E-state index is 12.5. The minimum Gasteiger partial charge on any atom is -0.464 e. The SMILES string of the molecule is COC(=O)c1cc(S(=O)(=O)NC2CC(O)(C(F)(F)F)C2)c[nH]1. The van der Waals surface area contributed by atoms with Crippen molar-refractivity contribution in [1.82, 2.24) is 9.71 Å². The molecule has 0 amide bonds. The van der Waals surface area contributed by atoms with E-state index in [0.29, 0.717) is 0 Å². The van der Waals surface area contributed by atoms with E-state index in [1.165, 1.54) is 0 Å². The number of aliphatic hydroxyl groups is 1. The number of esters is 1. The first kappa shape index (κ1) is 16.8. The molecule has 0 aromatic carbocycles. The lowest BCUT2D eigenvalue weighted by Gasteiger charge is -2.44. The number of sulfonamides is 1. The van der Waals surface area contributed by atoms with Crippen molar-refractivity contribution in [3.63, 3.8) is 0 Å². The highest BCUT2D eigenvalue weighted by Crippen LogP contribution is 2.45. The minimum atomic E-state index is -4.80. The van der Waals surface area contributed by atoms with Gasteiger partial charge in [-0.1, -0.05) is 0 Å². The average molecular weight is 342 g/mol. The molecule has 1 aromatic heterocycles. The van der Waals surface area contributed by atoms with E-state index in [9.17, 15) is 31.5 Å². The molecule has 0 radical (unpaired) electrons. The molecular formula is C11H13F3N2O5S. The van der Waals surface area contributed by atoms with Crippen LogP contribution in [0.3, 0.4) is 0 Å². The summed E-state index contributed by atoms with van der Waals surface area (Å²) in [4.78, 5) is 13.3. The summed E-state index contributed by atoms with van der Waals surface area (Å²) in [6, 6.07) is -0.0314. The van der Waals surface area contributed by atoms with Gasteiger partial charge in [-0.15, -0.1) is 0 Å². The highest BCUT2D eigenvalue weighted by molar-refractivity contribution is 7.89. The summed E-state index contributed by atoms with van der Waals surface area (Å²) < 4.78 is 67.8. The van der Waals surface area contributed by atoms with Crippen LogP contribution in [0.25, 0.3) is 0 Å². The van der Waals surface area contributed by atoms with Crippen LogP contribution in [-0.2, 0) is 14.8 Å². The zero-order valence-electron chi connectivity index (χ0n) is 11.3. The number of halogens is 3. The predicted molar refractivity (Wildman–Crippen MR) is 66.5 cm³/mol. The molecule has 22 heavy (non-hydrogen) atoms. The van der Waals surface area contributed by atoms with Gasteiger partial charge in [0.25, 0.3) is 0 Å². The van der Waals surface area contributed by atoms with Crippen molar-refractivity contribution in [3.05, 3.63) is 18.0 Å². The second kappa shape index (κ2) is 5.25. The number of hydrogen-bond acceptors (Lipinski definition) is 5. The summed E-state index contributed by atoms with van der Waals surface area (Å²) >= 11 is 0. The molecular weight excluding hydrogens is 329 g/mol. The Bertz CT molecular complexity index is 676. The van der Waals surface area contributed by atoms with Crippen molar-refractivity contribution in [2.45, 2.75) is 35.6 Å². The second-order valence-electron chi connectivity index (χ2n) is 5.00. The van der Waals surface area contributed by atoms with Gasteiger partial charge in [-0.2, -0.15) is 13.2 Å². The normalized spacial score (nSPS) is 25.6. The van der Waals surface area contributed by atoms with Crippen LogP contribution >= 0.6 is 0 Å². The van der Waals surface area contributed by atoms with Crippen molar-refractivity contribution >= 4 is 16.0 Å². The molecule has 1 aliphatic carbocycles. The van der Waals surface area contributed by atoms with Crippen molar-refractivity contribution in [2.75, 3.05) is 7.11 Å². The predicted octanol–water partition coefficient (Wildman–Crippen LogP) is 0.535. The molecule has 0 saturated heterocycles. The van der Waals surface area contributed by atoms with E-state index in [0.717, 1.165) is 19.4 Å². The van der Waals surface area contributed by atoms with Gasteiger partial charge in [0, 0.05) is 25.1 Å². The number of aromatic amines is 1. The molecule has 1 heterocycles. The lowest BCUT2D eigenvalue weighted by molar-refractivity contribution is -0.290. The molecule has 1 aliphatic rings. The number of nitrogens with one attached hydrogen (secondary N) is 2. The smallest absolute Gasteiger partial charge is 0.417 e. The van der Waals surface area contributed by atoms with Crippen LogP contribution < -0.4 is 4.72 Å². The Balaban J connectivity index is 2.05. The highest BCUT2D eigenvalue weighted by Gasteiger charge is 2.61. The zero-order chi connectivity index (χ0) is 16.8. The van der Waals surface area contributed by atoms with Gasteiger partial charge < -0.3 is 14.8 Å². The van der Waals surface area contributed by atoms with Gasteiger partial charge in [-0.3, -0.25) is 0 Å². The number of aromatic nitrogens is 1. The molecule has 0 aliphatic heterocycles. The molecule has 0 bridgehead atoms. The van der Waals surface area contributed by atoms with E-state index >= 15 is 0 Å². The molecule has 0 unspecified atom stereocenters. The molecule has 7 nitrogen and oxygen atoms in total. The van der Waals surface area contributed by atoms with Gasteiger partial charge >= 0.3 is 12.1 Å². The number of hydrogen-bond donors (Lipinski definition) is 3. The standard InChI is InChI=1S/C11H13F3N2O5S/c1-21-9(17)8-2-7(5-15-8)22(19,20)16-6-3-10(18,4-6)11(12,13)14/h2,5-6,15-16,18H,3-4H2,1H3. The number of H-pyrrole nitrogens is 1. The quantitative estimate of drug-likeness (QED) is 0.692. The van der Waals surface area contributed by atoms with Crippen LogP contribution in [0.15, 0.2) is 17.2 Å². The van der Waals surface area contributed by atoms with E-state index in [1.807, 2.05) is 4.72 Å². The first-order chi connectivity index (χ1) is 9.98. The van der Waals surface area contributed by atoms with Gasteiger partial charge in [-0.25, -0.2) is 17.9 Å². The first-order valence-electron chi connectivity index (χ1n) is 6.07. The minimum absolute atomic E-state index is 0.108. The summed E-state index contributed by atoms with van der Waals surface area (Å²) in [5.74, 6) is -0.781. The molecule has 11 heteroatoms. The molecule has 124 valence electrons. The van der Waals surface area contributed by atoms with Gasteiger partial charge in [0.05, 0.1) is 7.11 Å². The van der Waals surface area contributed by atoms with E-state index in [1.54, 1.807) is 0 Å². The third-order valence-electron chi connectivity index (χ3n) is 3.39. The number of carbonyl (C=O) groups excluding carboxylic acids is 1. The molecule has 1 saturated carbocycles. The van der Waals surface area contributed by atoms with Gasteiger partial charge in [0.15, 0.2) is 5.60 Å². The Morgan fingerprint density at radius 3 is 2.59 bits per heavy atom. The van der Waals surface area contributed by atoms with Crippen molar-refractivity contribution in [1.29, 1.82) is 0 Å². The van der Waals surface area contributed by atoms with Crippen LogP contribution in [0.2, 0.25) is 0 Å². The monoisotopic (exact) mass is 342 g/mol. The van der Waals surface area contributed by atoms with Gasteiger partial charge in [-0.05, 0) is 6.07 Å². The number of rotatable bonds is 4. The van der Waals surface area contributed by atoms with Crippen LogP contribution in [0.1, 0.15) is 23.3 Å². The van der Waals surface area contributed by atoms with Gasteiger partial charge in [0.1, 0.15) is 10.6 Å². The fraction of sp³-hybridized carbons (Fsp3) is 0.545. The molecule has 2 rings (SSSR count). The lowest BCUT2D eigenvalue weighted by atomic mass is 9.76. The fourth-order valence-electron chi connectivity index (χ4n) is 2.12. The number of alkyl halides is 3. The molecule has 0 spiro atoms. The van der Waals surface area contributed by atoms with E-state index in [-0.39, 0.29) is 10.6 Å². The Labute approximate surface area is 123 Å². The van der Waals surface area contributed by atoms with Gasteiger partial charge in [0.2, 0.25) is 10.0 Å². The second-order valence-corrected chi connectivity index (χ2v) is 6.71. The number of carbonyl (C=O) groups is 1.